The maximum Gasteiger partial charge on any atom is 0.136 e. The van der Waals surface area contributed by atoms with Crippen LogP contribution in [0.2, 0.25) is 0 Å². The number of rotatable bonds is 2. The Hall–Kier alpha value is -1.14. The Morgan fingerprint density at radius 2 is 1.30 bits per heavy atom. The van der Waals surface area contributed by atoms with Gasteiger partial charge in [-0.3, -0.25) is 0 Å². The largest absolute Gasteiger partial charge is 0.378 e. The molecule has 0 unspecified atom stereocenters. The molecule has 0 aromatic heterocycles. The summed E-state index contributed by atoms with van der Waals surface area (Å²) in [5.41, 5.74) is 0.817. The Balaban J connectivity index is 2.38. The molecule has 20 heavy (non-hydrogen) atoms. The van der Waals surface area contributed by atoms with Crippen LogP contribution in [0.3, 0.4) is 0 Å². The molecule has 1 heterocycles. The first-order valence-corrected chi connectivity index (χ1v) is 6.84. The van der Waals surface area contributed by atoms with Crippen molar-refractivity contribution in [3.05, 3.63) is 29.8 Å². The van der Waals surface area contributed by atoms with E-state index in [0.717, 1.165) is 11.3 Å². The summed E-state index contributed by atoms with van der Waals surface area (Å²) in [6.45, 7) is 7.68. The summed E-state index contributed by atoms with van der Waals surface area (Å²) in [6, 6.07) is 7.83. The minimum atomic E-state index is -0.563. The molecule has 0 saturated carbocycles. The monoisotopic (exact) mass is 279 g/mol. The van der Waals surface area contributed by atoms with Crippen molar-refractivity contribution in [2.75, 3.05) is 19.0 Å². The van der Waals surface area contributed by atoms with Crippen LogP contribution in [0.4, 0.5) is 5.69 Å². The van der Waals surface area contributed by atoms with E-state index in [1.54, 1.807) is 0 Å². The number of hydroxylamine groups is 4. The average molecular weight is 279 g/mol. The molecule has 0 radical (unpaired) electrons. The number of benzene rings is 1. The van der Waals surface area contributed by atoms with Crippen LogP contribution in [0, 0.1) is 0 Å². The molecule has 0 atom stereocenters. The molecule has 2 rings (SSSR count). The fourth-order valence-corrected chi connectivity index (χ4v) is 2.50. The Morgan fingerprint density at radius 3 is 1.65 bits per heavy atom. The summed E-state index contributed by atoms with van der Waals surface area (Å²) in [7, 11) is 3.96. The maximum absolute atomic E-state index is 10.5. The van der Waals surface area contributed by atoms with Crippen molar-refractivity contribution in [3.8, 4) is 0 Å². The molecule has 0 amide bonds. The van der Waals surface area contributed by atoms with Crippen molar-refractivity contribution in [1.29, 1.82) is 0 Å². The van der Waals surface area contributed by atoms with E-state index in [1.165, 1.54) is 10.1 Å². The molecule has 1 fully saturated rings. The third kappa shape index (κ3) is 2.02. The van der Waals surface area contributed by atoms with Crippen LogP contribution in [0.15, 0.2) is 24.3 Å². The second-order valence-corrected chi connectivity index (χ2v) is 6.67. The van der Waals surface area contributed by atoms with E-state index in [2.05, 4.69) is 0 Å². The van der Waals surface area contributed by atoms with Crippen molar-refractivity contribution in [2.45, 2.75) is 44.9 Å². The normalized spacial score (nSPS) is 23.2. The zero-order valence-corrected chi connectivity index (χ0v) is 13.1. The molecule has 2 N–H and O–H groups in total. The van der Waals surface area contributed by atoms with Crippen LogP contribution < -0.4 is 4.90 Å². The van der Waals surface area contributed by atoms with Gasteiger partial charge in [0.2, 0.25) is 0 Å². The average Bonchev–Trinajstić information content (AvgIpc) is 2.49. The molecule has 1 aromatic rings. The fourth-order valence-electron chi connectivity index (χ4n) is 2.50. The van der Waals surface area contributed by atoms with Crippen molar-refractivity contribution in [1.82, 2.24) is 10.1 Å². The summed E-state index contributed by atoms with van der Waals surface area (Å²) in [4.78, 5) is 2.01. The van der Waals surface area contributed by atoms with Gasteiger partial charge >= 0.3 is 0 Å². The molecule has 1 aromatic carbocycles. The first-order valence-electron chi connectivity index (χ1n) is 6.84. The van der Waals surface area contributed by atoms with Gasteiger partial charge in [0.1, 0.15) is 6.17 Å². The Morgan fingerprint density at radius 1 is 0.900 bits per heavy atom. The van der Waals surface area contributed by atoms with Crippen molar-refractivity contribution < 1.29 is 10.4 Å². The van der Waals surface area contributed by atoms with Gasteiger partial charge in [-0.05, 0) is 45.4 Å². The second-order valence-electron chi connectivity index (χ2n) is 6.67. The zero-order chi connectivity index (χ0) is 15.3. The summed E-state index contributed by atoms with van der Waals surface area (Å²) in [5, 5.41) is 23.4. The molecule has 1 aliphatic heterocycles. The summed E-state index contributed by atoms with van der Waals surface area (Å²) in [5.74, 6) is 0. The predicted molar refractivity (Wildman–Crippen MR) is 78.9 cm³/mol. The molecular weight excluding hydrogens is 254 g/mol. The van der Waals surface area contributed by atoms with Gasteiger partial charge in [-0.2, -0.15) is 10.1 Å². The highest BCUT2D eigenvalue weighted by molar-refractivity contribution is 5.46. The SMILES string of the molecule is CN(C)c1ccc(C2N(O)C(C)(C)C(C)(C)N2O)cc1. The molecular formula is C15H25N3O2. The van der Waals surface area contributed by atoms with E-state index < -0.39 is 17.2 Å². The quantitative estimate of drug-likeness (QED) is 0.871. The lowest BCUT2D eigenvalue weighted by atomic mass is 9.84. The predicted octanol–water partition coefficient (Wildman–Crippen LogP) is 2.70. The van der Waals surface area contributed by atoms with Crippen LogP contribution >= 0.6 is 0 Å². The fraction of sp³-hybridized carbons (Fsp3) is 0.600. The van der Waals surface area contributed by atoms with Gasteiger partial charge in [-0.1, -0.05) is 12.1 Å². The number of hydrogen-bond donors (Lipinski definition) is 2. The maximum atomic E-state index is 10.5. The molecule has 1 saturated heterocycles. The lowest BCUT2D eigenvalue weighted by molar-refractivity contribution is -0.223. The number of hydrogen-bond acceptors (Lipinski definition) is 5. The molecule has 0 spiro atoms. The first-order chi connectivity index (χ1) is 9.10. The van der Waals surface area contributed by atoms with E-state index in [1.807, 2.05) is 71.0 Å². The van der Waals surface area contributed by atoms with Crippen molar-refractivity contribution >= 4 is 5.69 Å². The third-order valence-electron chi connectivity index (χ3n) is 4.81. The van der Waals surface area contributed by atoms with Crippen LogP contribution in [0.25, 0.3) is 0 Å². The summed E-state index contributed by atoms with van der Waals surface area (Å²) in [6.07, 6.45) is -0.559. The molecule has 5 heteroatoms. The molecule has 0 bridgehead atoms. The van der Waals surface area contributed by atoms with E-state index >= 15 is 0 Å². The highest BCUT2D eigenvalue weighted by Gasteiger charge is 2.58. The van der Waals surface area contributed by atoms with Gasteiger partial charge in [-0.15, -0.1) is 0 Å². The molecule has 1 aliphatic rings. The van der Waals surface area contributed by atoms with Gasteiger partial charge in [-0.25, -0.2) is 0 Å². The van der Waals surface area contributed by atoms with Gasteiger partial charge in [0.25, 0.3) is 0 Å². The van der Waals surface area contributed by atoms with Crippen LogP contribution in [0.5, 0.6) is 0 Å². The lowest BCUT2D eigenvalue weighted by Gasteiger charge is -2.37. The standard InChI is InChI=1S/C15H25N3O2/c1-14(2)15(3,4)18(20)13(17(14)19)11-7-9-12(10-8-11)16(5)6/h7-10,13,19-20H,1-6H3. The highest BCUT2D eigenvalue weighted by Crippen LogP contribution is 2.47. The van der Waals surface area contributed by atoms with Crippen molar-refractivity contribution in [3.63, 3.8) is 0 Å². The number of anilines is 1. The second kappa shape index (κ2) is 4.70. The zero-order valence-electron chi connectivity index (χ0n) is 13.1. The molecule has 0 aliphatic carbocycles. The summed E-state index contributed by atoms with van der Waals surface area (Å²) >= 11 is 0. The highest BCUT2D eigenvalue weighted by atomic mass is 16.6. The van der Waals surface area contributed by atoms with Gasteiger partial charge in [0.15, 0.2) is 0 Å². The number of nitrogens with zero attached hydrogens (tertiary/aromatic N) is 3. The molecule has 112 valence electrons. The van der Waals surface area contributed by atoms with Gasteiger partial charge < -0.3 is 15.3 Å². The van der Waals surface area contributed by atoms with Gasteiger partial charge in [0.05, 0.1) is 11.1 Å². The van der Waals surface area contributed by atoms with Crippen LogP contribution in [-0.2, 0) is 0 Å². The van der Waals surface area contributed by atoms with Gasteiger partial charge in [0, 0.05) is 19.8 Å². The smallest absolute Gasteiger partial charge is 0.136 e. The van der Waals surface area contributed by atoms with E-state index in [4.69, 9.17) is 0 Å². The van der Waals surface area contributed by atoms with Crippen molar-refractivity contribution in [2.24, 2.45) is 0 Å². The van der Waals surface area contributed by atoms with E-state index in [0.29, 0.717) is 0 Å². The van der Waals surface area contributed by atoms with E-state index in [-0.39, 0.29) is 0 Å². The van der Waals surface area contributed by atoms with Crippen LogP contribution in [-0.4, -0.2) is 45.7 Å². The first kappa shape index (κ1) is 15.3. The van der Waals surface area contributed by atoms with Crippen LogP contribution in [0.1, 0.15) is 39.4 Å². The third-order valence-corrected chi connectivity index (χ3v) is 4.81. The Kier molecular flexibility index (Phi) is 3.59. The Labute approximate surface area is 120 Å². The van der Waals surface area contributed by atoms with E-state index in [9.17, 15) is 10.4 Å². The topological polar surface area (TPSA) is 50.2 Å². The molecule has 5 nitrogen and oxygen atoms in total. The Bertz CT molecular complexity index is 462. The summed E-state index contributed by atoms with van der Waals surface area (Å²) < 4.78 is 0. The minimum Gasteiger partial charge on any atom is -0.378 e. The lowest BCUT2D eigenvalue weighted by Crippen LogP contribution is -2.52. The minimum absolute atomic E-state index is 0.559.